The first-order chi connectivity index (χ1) is 13.6. The number of amides is 1. The van der Waals surface area contributed by atoms with E-state index in [9.17, 15) is 13.6 Å². The summed E-state index contributed by atoms with van der Waals surface area (Å²) in [5.74, 6) is -0.327. The van der Waals surface area contributed by atoms with Crippen molar-refractivity contribution in [1.82, 2.24) is 20.1 Å². The number of nitrogens with one attached hydrogen (secondary N) is 1. The molecule has 3 aromatic rings. The van der Waals surface area contributed by atoms with Crippen LogP contribution >= 0.6 is 11.8 Å². The van der Waals surface area contributed by atoms with E-state index >= 15 is 0 Å². The van der Waals surface area contributed by atoms with Crippen LogP contribution in [0.5, 0.6) is 0 Å². The standard InChI is InChI=1S/C20H18F2N4OS/c21-16-7-3-1-5-13(16)11-23-18(27)12-28-20-25-24-19(26(20)14-9-10-14)15-6-2-4-8-17(15)22/h1-8,14H,9-12H2,(H,23,27). The summed E-state index contributed by atoms with van der Waals surface area (Å²) in [5.41, 5.74) is 0.835. The Morgan fingerprint density at radius 3 is 2.50 bits per heavy atom. The Balaban J connectivity index is 1.43. The molecule has 0 saturated heterocycles. The molecule has 0 spiro atoms. The molecule has 0 atom stereocenters. The van der Waals surface area contributed by atoms with E-state index in [0.29, 0.717) is 22.1 Å². The van der Waals surface area contributed by atoms with Crippen LogP contribution in [0.1, 0.15) is 24.4 Å². The monoisotopic (exact) mass is 400 g/mol. The fraction of sp³-hybridized carbons (Fsp3) is 0.250. The minimum atomic E-state index is -0.351. The first-order valence-electron chi connectivity index (χ1n) is 8.96. The lowest BCUT2D eigenvalue weighted by atomic mass is 10.2. The van der Waals surface area contributed by atoms with Crippen molar-refractivity contribution in [3.8, 4) is 11.4 Å². The van der Waals surface area contributed by atoms with Gasteiger partial charge in [0.15, 0.2) is 11.0 Å². The van der Waals surface area contributed by atoms with Gasteiger partial charge in [-0.05, 0) is 31.0 Å². The molecule has 1 N–H and O–H groups in total. The number of thioether (sulfide) groups is 1. The molecule has 5 nitrogen and oxygen atoms in total. The number of carbonyl (C=O) groups excluding carboxylic acids is 1. The fourth-order valence-electron chi connectivity index (χ4n) is 2.88. The summed E-state index contributed by atoms with van der Waals surface area (Å²) < 4.78 is 29.7. The van der Waals surface area contributed by atoms with Crippen molar-refractivity contribution in [2.45, 2.75) is 30.6 Å². The fourth-order valence-corrected chi connectivity index (χ4v) is 3.72. The lowest BCUT2D eigenvalue weighted by molar-refractivity contribution is -0.118. The molecule has 1 fully saturated rings. The van der Waals surface area contributed by atoms with Crippen molar-refractivity contribution < 1.29 is 13.6 Å². The number of hydrogen-bond donors (Lipinski definition) is 1. The van der Waals surface area contributed by atoms with Crippen molar-refractivity contribution in [2.24, 2.45) is 0 Å². The molecule has 8 heteroatoms. The molecule has 0 radical (unpaired) electrons. The third kappa shape index (κ3) is 4.06. The predicted octanol–water partition coefficient (Wildman–Crippen LogP) is 3.97. The number of carbonyl (C=O) groups is 1. The molecular weight excluding hydrogens is 382 g/mol. The summed E-state index contributed by atoms with van der Waals surface area (Å²) in [6.45, 7) is 0.127. The van der Waals surface area contributed by atoms with Gasteiger partial charge in [0.05, 0.1) is 11.3 Å². The summed E-state index contributed by atoms with van der Waals surface area (Å²) in [7, 11) is 0. The second-order valence-electron chi connectivity index (χ2n) is 6.54. The number of benzene rings is 2. The molecule has 4 rings (SSSR count). The van der Waals surface area contributed by atoms with Gasteiger partial charge in [-0.1, -0.05) is 42.1 Å². The van der Waals surface area contributed by atoms with Gasteiger partial charge in [-0.15, -0.1) is 10.2 Å². The molecule has 0 unspecified atom stereocenters. The van der Waals surface area contributed by atoms with Gasteiger partial charge >= 0.3 is 0 Å². The Labute approximate surface area is 165 Å². The first kappa shape index (κ1) is 18.6. The van der Waals surface area contributed by atoms with Gasteiger partial charge in [0.2, 0.25) is 5.91 Å². The molecule has 0 bridgehead atoms. The molecule has 1 saturated carbocycles. The van der Waals surface area contributed by atoms with Crippen LogP contribution < -0.4 is 5.32 Å². The summed E-state index contributed by atoms with van der Waals surface area (Å²) in [6, 6.07) is 13.0. The Bertz CT molecular complexity index is 1000. The lowest BCUT2D eigenvalue weighted by Gasteiger charge is -2.10. The van der Waals surface area contributed by atoms with Crippen molar-refractivity contribution in [3.63, 3.8) is 0 Å². The summed E-state index contributed by atoms with van der Waals surface area (Å²) in [4.78, 5) is 12.2. The van der Waals surface area contributed by atoms with Crippen LogP contribution in [0.2, 0.25) is 0 Å². The number of halogens is 2. The SMILES string of the molecule is O=C(CSc1nnc(-c2ccccc2F)n1C1CC1)NCc1ccccc1F. The predicted molar refractivity (Wildman–Crippen MR) is 103 cm³/mol. The maximum absolute atomic E-state index is 14.2. The Hall–Kier alpha value is -2.74. The van der Waals surface area contributed by atoms with E-state index in [1.54, 1.807) is 36.4 Å². The van der Waals surface area contributed by atoms with Crippen molar-refractivity contribution in [3.05, 3.63) is 65.7 Å². The Kier molecular flexibility index (Phi) is 5.38. The van der Waals surface area contributed by atoms with Crippen LogP contribution in [0.4, 0.5) is 8.78 Å². The Morgan fingerprint density at radius 2 is 1.79 bits per heavy atom. The minimum absolute atomic E-state index is 0.122. The quantitative estimate of drug-likeness (QED) is 0.610. The van der Waals surface area contributed by atoms with Crippen LogP contribution in [-0.2, 0) is 11.3 Å². The third-order valence-corrected chi connectivity index (χ3v) is 5.40. The second kappa shape index (κ2) is 8.10. The van der Waals surface area contributed by atoms with Gasteiger partial charge in [-0.2, -0.15) is 0 Å². The topological polar surface area (TPSA) is 59.8 Å². The highest BCUT2D eigenvalue weighted by Crippen LogP contribution is 2.41. The van der Waals surface area contributed by atoms with Gasteiger partial charge in [-0.3, -0.25) is 9.36 Å². The molecule has 0 aliphatic heterocycles. The zero-order valence-electron chi connectivity index (χ0n) is 14.9. The summed E-state index contributed by atoms with van der Waals surface area (Å²) in [5, 5.41) is 11.6. The zero-order chi connectivity index (χ0) is 19.5. The minimum Gasteiger partial charge on any atom is -0.351 e. The van der Waals surface area contributed by atoms with E-state index in [4.69, 9.17) is 0 Å². The summed E-state index contributed by atoms with van der Waals surface area (Å²) in [6.07, 6.45) is 1.96. The molecule has 1 heterocycles. The Morgan fingerprint density at radius 1 is 1.07 bits per heavy atom. The molecule has 1 aliphatic carbocycles. The maximum Gasteiger partial charge on any atom is 0.230 e. The molecule has 1 aromatic heterocycles. The number of hydrogen-bond acceptors (Lipinski definition) is 4. The number of aromatic nitrogens is 3. The van der Waals surface area contributed by atoms with E-state index in [1.165, 1.54) is 23.9 Å². The highest BCUT2D eigenvalue weighted by Gasteiger charge is 2.31. The van der Waals surface area contributed by atoms with E-state index < -0.39 is 0 Å². The molecule has 144 valence electrons. The molecule has 28 heavy (non-hydrogen) atoms. The zero-order valence-corrected chi connectivity index (χ0v) is 15.8. The van der Waals surface area contributed by atoms with Gasteiger partial charge in [0.25, 0.3) is 0 Å². The van der Waals surface area contributed by atoms with Crippen LogP contribution in [0.25, 0.3) is 11.4 Å². The average Bonchev–Trinajstić information content (AvgIpc) is 3.45. The largest absolute Gasteiger partial charge is 0.351 e. The van der Waals surface area contributed by atoms with Crippen molar-refractivity contribution >= 4 is 17.7 Å². The molecule has 1 amide bonds. The second-order valence-corrected chi connectivity index (χ2v) is 7.49. The van der Waals surface area contributed by atoms with E-state index in [1.807, 2.05) is 4.57 Å². The molecule has 2 aromatic carbocycles. The molecular formula is C20H18F2N4OS. The van der Waals surface area contributed by atoms with Crippen LogP contribution in [0.3, 0.4) is 0 Å². The number of rotatable bonds is 7. The van der Waals surface area contributed by atoms with Gasteiger partial charge < -0.3 is 5.32 Å². The highest BCUT2D eigenvalue weighted by atomic mass is 32.2. The smallest absolute Gasteiger partial charge is 0.230 e. The maximum atomic E-state index is 14.2. The van der Waals surface area contributed by atoms with Crippen LogP contribution in [0, 0.1) is 11.6 Å². The van der Waals surface area contributed by atoms with Crippen LogP contribution in [0.15, 0.2) is 53.7 Å². The van der Waals surface area contributed by atoms with E-state index in [2.05, 4.69) is 15.5 Å². The van der Waals surface area contributed by atoms with E-state index in [-0.39, 0.29) is 35.9 Å². The molecule has 1 aliphatic rings. The lowest BCUT2D eigenvalue weighted by Crippen LogP contribution is -2.25. The number of nitrogens with zero attached hydrogens (tertiary/aromatic N) is 3. The average molecular weight is 400 g/mol. The summed E-state index contributed by atoms with van der Waals surface area (Å²) >= 11 is 1.25. The van der Waals surface area contributed by atoms with Gasteiger partial charge in [0.1, 0.15) is 11.6 Å². The third-order valence-electron chi connectivity index (χ3n) is 4.46. The van der Waals surface area contributed by atoms with Crippen LogP contribution in [-0.4, -0.2) is 26.4 Å². The first-order valence-corrected chi connectivity index (χ1v) is 9.94. The van der Waals surface area contributed by atoms with Gasteiger partial charge in [-0.25, -0.2) is 8.78 Å². The normalized spacial score (nSPS) is 13.5. The van der Waals surface area contributed by atoms with Gasteiger partial charge in [0, 0.05) is 18.2 Å². The van der Waals surface area contributed by atoms with Crippen molar-refractivity contribution in [1.29, 1.82) is 0 Å². The van der Waals surface area contributed by atoms with Crippen molar-refractivity contribution in [2.75, 3.05) is 5.75 Å². The highest BCUT2D eigenvalue weighted by molar-refractivity contribution is 7.99. The van der Waals surface area contributed by atoms with E-state index in [0.717, 1.165) is 12.8 Å².